The zero-order chi connectivity index (χ0) is 8.97. The van der Waals surface area contributed by atoms with Crippen LogP contribution in [0.25, 0.3) is 0 Å². The van der Waals surface area contributed by atoms with Crippen molar-refractivity contribution in [3.05, 3.63) is 0 Å². The number of aliphatic carboxylic acids is 1. The summed E-state index contributed by atoms with van der Waals surface area (Å²) in [5.74, 6) is -0.654. The highest BCUT2D eigenvalue weighted by atomic mass is 16.4. The summed E-state index contributed by atoms with van der Waals surface area (Å²) >= 11 is 0. The maximum absolute atomic E-state index is 10.8. The SMILES string of the molecule is CCN1CCCCC[C@@H]1C(=O)O. The van der Waals surface area contributed by atoms with Crippen LogP contribution in [-0.4, -0.2) is 35.1 Å². The second kappa shape index (κ2) is 4.45. The van der Waals surface area contributed by atoms with Gasteiger partial charge in [-0.25, -0.2) is 0 Å². The Labute approximate surface area is 73.4 Å². The fraction of sp³-hybridized carbons (Fsp3) is 0.889. The molecule has 1 aliphatic rings. The van der Waals surface area contributed by atoms with E-state index in [2.05, 4.69) is 4.90 Å². The van der Waals surface area contributed by atoms with Crippen molar-refractivity contribution in [2.24, 2.45) is 0 Å². The maximum Gasteiger partial charge on any atom is 0.320 e. The fourth-order valence-electron chi connectivity index (χ4n) is 1.83. The Bertz CT molecular complexity index is 159. The summed E-state index contributed by atoms with van der Waals surface area (Å²) in [4.78, 5) is 12.9. The van der Waals surface area contributed by atoms with Gasteiger partial charge in [0.2, 0.25) is 0 Å². The first-order chi connectivity index (χ1) is 5.75. The normalized spacial score (nSPS) is 26.6. The van der Waals surface area contributed by atoms with Crippen LogP contribution in [0, 0.1) is 0 Å². The molecule has 1 heterocycles. The molecule has 1 fully saturated rings. The molecule has 3 nitrogen and oxygen atoms in total. The van der Waals surface area contributed by atoms with Gasteiger partial charge in [0, 0.05) is 0 Å². The van der Waals surface area contributed by atoms with Crippen LogP contribution in [0.1, 0.15) is 32.6 Å². The third-order valence-corrected chi connectivity index (χ3v) is 2.55. The molecule has 1 atom stereocenters. The van der Waals surface area contributed by atoms with Gasteiger partial charge in [0.25, 0.3) is 0 Å². The summed E-state index contributed by atoms with van der Waals surface area (Å²) in [7, 11) is 0. The van der Waals surface area contributed by atoms with E-state index in [-0.39, 0.29) is 6.04 Å². The zero-order valence-electron chi connectivity index (χ0n) is 7.62. The first-order valence-corrected chi connectivity index (χ1v) is 4.72. The Hall–Kier alpha value is -0.570. The molecule has 1 N–H and O–H groups in total. The summed E-state index contributed by atoms with van der Waals surface area (Å²) in [6.07, 6.45) is 4.22. The summed E-state index contributed by atoms with van der Waals surface area (Å²) in [5, 5.41) is 8.92. The van der Waals surface area contributed by atoms with Gasteiger partial charge < -0.3 is 5.11 Å². The van der Waals surface area contributed by atoms with Crippen molar-refractivity contribution in [1.29, 1.82) is 0 Å². The van der Waals surface area contributed by atoms with E-state index in [0.717, 1.165) is 32.4 Å². The Kier molecular flexibility index (Phi) is 3.53. The number of carboxylic acids is 1. The number of carbonyl (C=O) groups is 1. The van der Waals surface area contributed by atoms with E-state index in [4.69, 9.17) is 5.11 Å². The average Bonchev–Trinajstić information content (AvgIpc) is 2.27. The van der Waals surface area contributed by atoms with Crippen LogP contribution in [0.4, 0.5) is 0 Å². The molecule has 0 aliphatic carbocycles. The molecule has 1 rings (SSSR count). The minimum atomic E-state index is -0.654. The van der Waals surface area contributed by atoms with E-state index in [1.807, 2.05) is 6.92 Å². The molecule has 0 saturated carbocycles. The van der Waals surface area contributed by atoms with Gasteiger partial charge in [-0.2, -0.15) is 0 Å². The lowest BCUT2D eigenvalue weighted by atomic mass is 10.1. The Morgan fingerprint density at radius 1 is 1.50 bits per heavy atom. The number of hydrogen-bond donors (Lipinski definition) is 1. The lowest BCUT2D eigenvalue weighted by Crippen LogP contribution is -2.40. The molecule has 1 aliphatic heterocycles. The van der Waals surface area contributed by atoms with Crippen LogP contribution in [0.2, 0.25) is 0 Å². The number of nitrogens with zero attached hydrogens (tertiary/aromatic N) is 1. The van der Waals surface area contributed by atoms with Gasteiger partial charge in [-0.05, 0) is 25.9 Å². The summed E-state index contributed by atoms with van der Waals surface area (Å²) in [5.41, 5.74) is 0. The van der Waals surface area contributed by atoms with Gasteiger partial charge in [-0.3, -0.25) is 9.69 Å². The third kappa shape index (κ3) is 2.21. The van der Waals surface area contributed by atoms with Gasteiger partial charge in [0.15, 0.2) is 0 Å². The maximum atomic E-state index is 10.8. The van der Waals surface area contributed by atoms with Gasteiger partial charge >= 0.3 is 5.97 Å². The molecule has 1 saturated heterocycles. The highest BCUT2D eigenvalue weighted by Gasteiger charge is 2.25. The first-order valence-electron chi connectivity index (χ1n) is 4.72. The molecular weight excluding hydrogens is 154 g/mol. The molecule has 0 aromatic carbocycles. The molecule has 0 aromatic heterocycles. The van der Waals surface area contributed by atoms with E-state index in [1.54, 1.807) is 0 Å². The van der Waals surface area contributed by atoms with E-state index in [1.165, 1.54) is 6.42 Å². The summed E-state index contributed by atoms with van der Waals surface area (Å²) in [6.45, 7) is 3.84. The standard InChI is InChI=1S/C9H17NO2/c1-2-10-7-5-3-4-6-8(10)9(11)12/h8H,2-7H2,1H3,(H,11,12)/t8-/m1/s1. The quantitative estimate of drug-likeness (QED) is 0.681. The summed E-state index contributed by atoms with van der Waals surface area (Å²) < 4.78 is 0. The number of likely N-dealkylation sites (N-methyl/N-ethyl adjacent to an activating group) is 1. The molecule has 0 unspecified atom stereocenters. The monoisotopic (exact) mass is 171 g/mol. The fourth-order valence-corrected chi connectivity index (χ4v) is 1.83. The van der Waals surface area contributed by atoms with Crippen molar-refractivity contribution < 1.29 is 9.90 Å². The van der Waals surface area contributed by atoms with Crippen LogP contribution in [0.15, 0.2) is 0 Å². The predicted molar refractivity (Wildman–Crippen MR) is 47.1 cm³/mol. The van der Waals surface area contributed by atoms with Crippen molar-refractivity contribution in [2.75, 3.05) is 13.1 Å². The van der Waals surface area contributed by atoms with Crippen molar-refractivity contribution in [3.63, 3.8) is 0 Å². The summed E-state index contributed by atoms with van der Waals surface area (Å²) in [6, 6.07) is -0.225. The Balaban J connectivity index is 2.57. The topological polar surface area (TPSA) is 40.5 Å². The number of carboxylic acid groups (broad SMARTS) is 1. The molecule has 0 aromatic rings. The lowest BCUT2D eigenvalue weighted by Gasteiger charge is -2.24. The number of hydrogen-bond acceptors (Lipinski definition) is 2. The van der Waals surface area contributed by atoms with Crippen LogP contribution < -0.4 is 0 Å². The van der Waals surface area contributed by atoms with Gasteiger partial charge in [-0.1, -0.05) is 19.8 Å². The van der Waals surface area contributed by atoms with E-state index < -0.39 is 5.97 Å². The van der Waals surface area contributed by atoms with Gasteiger partial charge in [-0.15, -0.1) is 0 Å². The van der Waals surface area contributed by atoms with Crippen LogP contribution in [-0.2, 0) is 4.79 Å². The molecule has 0 radical (unpaired) electrons. The molecule has 0 amide bonds. The average molecular weight is 171 g/mol. The smallest absolute Gasteiger partial charge is 0.320 e. The molecule has 3 heteroatoms. The van der Waals surface area contributed by atoms with Gasteiger partial charge in [0.1, 0.15) is 6.04 Å². The molecule has 0 spiro atoms. The minimum Gasteiger partial charge on any atom is -0.480 e. The van der Waals surface area contributed by atoms with Crippen molar-refractivity contribution in [2.45, 2.75) is 38.6 Å². The Morgan fingerprint density at radius 2 is 2.25 bits per heavy atom. The second-order valence-electron chi connectivity index (χ2n) is 3.33. The molecule has 0 bridgehead atoms. The van der Waals surface area contributed by atoms with Crippen molar-refractivity contribution in [1.82, 2.24) is 4.90 Å². The van der Waals surface area contributed by atoms with Crippen LogP contribution in [0.3, 0.4) is 0 Å². The molecule has 12 heavy (non-hydrogen) atoms. The molecular formula is C9H17NO2. The lowest BCUT2D eigenvalue weighted by molar-refractivity contribution is -0.143. The Morgan fingerprint density at radius 3 is 2.83 bits per heavy atom. The largest absolute Gasteiger partial charge is 0.480 e. The van der Waals surface area contributed by atoms with E-state index >= 15 is 0 Å². The van der Waals surface area contributed by atoms with Crippen LogP contribution in [0.5, 0.6) is 0 Å². The van der Waals surface area contributed by atoms with E-state index in [0.29, 0.717) is 0 Å². The highest BCUT2D eigenvalue weighted by molar-refractivity contribution is 5.73. The second-order valence-corrected chi connectivity index (χ2v) is 3.33. The van der Waals surface area contributed by atoms with Gasteiger partial charge in [0.05, 0.1) is 0 Å². The van der Waals surface area contributed by atoms with Crippen LogP contribution >= 0.6 is 0 Å². The molecule has 70 valence electrons. The van der Waals surface area contributed by atoms with Crippen molar-refractivity contribution >= 4 is 5.97 Å². The minimum absolute atomic E-state index is 0.225. The number of likely N-dealkylation sites (tertiary alicyclic amines) is 1. The predicted octanol–water partition coefficient (Wildman–Crippen LogP) is 1.34. The van der Waals surface area contributed by atoms with E-state index in [9.17, 15) is 4.79 Å². The highest BCUT2D eigenvalue weighted by Crippen LogP contribution is 2.16. The zero-order valence-corrected chi connectivity index (χ0v) is 7.62. The van der Waals surface area contributed by atoms with Crippen molar-refractivity contribution in [3.8, 4) is 0 Å². The third-order valence-electron chi connectivity index (χ3n) is 2.55. The number of rotatable bonds is 2. The first kappa shape index (κ1) is 9.52.